The van der Waals surface area contributed by atoms with Crippen LogP contribution in [0.2, 0.25) is 10.0 Å². The number of amides is 1. The SMILES string of the molecule is Cc1ccc(S(=O)(=O)N(CC(=O)Nc2ccc(S(N)(=O)=O)cc2)Cc2ccc(Cl)cc2Cl)cc1. The molecule has 0 spiro atoms. The van der Waals surface area contributed by atoms with E-state index in [1.807, 2.05) is 6.92 Å². The third-order valence-electron chi connectivity index (χ3n) is 4.81. The average molecular weight is 542 g/mol. The highest BCUT2D eigenvalue weighted by Gasteiger charge is 2.27. The first-order chi connectivity index (χ1) is 15.9. The fourth-order valence-electron chi connectivity index (χ4n) is 3.01. The van der Waals surface area contributed by atoms with E-state index in [0.717, 1.165) is 9.87 Å². The van der Waals surface area contributed by atoms with Gasteiger partial charge in [-0.15, -0.1) is 0 Å². The summed E-state index contributed by atoms with van der Waals surface area (Å²) in [5.41, 5.74) is 1.62. The van der Waals surface area contributed by atoms with Gasteiger partial charge in [0, 0.05) is 22.3 Å². The molecule has 0 aliphatic rings. The number of aryl methyl sites for hydroxylation is 1. The molecule has 3 rings (SSSR count). The normalized spacial score (nSPS) is 12.0. The Morgan fingerprint density at radius 3 is 2.06 bits per heavy atom. The molecule has 8 nitrogen and oxygen atoms in total. The molecule has 3 N–H and O–H groups in total. The first-order valence-corrected chi connectivity index (χ1v) is 13.5. The van der Waals surface area contributed by atoms with Gasteiger partial charge in [0.1, 0.15) is 0 Å². The standard InChI is InChI=1S/C22H21Cl2N3O5S2/c1-15-2-8-20(9-3-15)34(31,32)27(13-16-4-5-17(23)12-21(16)24)14-22(28)26-18-6-10-19(11-7-18)33(25,29)30/h2-12H,13-14H2,1H3,(H,26,28)(H2,25,29,30). The topological polar surface area (TPSA) is 127 Å². The number of carbonyl (C=O) groups excluding carboxylic acids is 1. The van der Waals surface area contributed by atoms with Crippen molar-refractivity contribution in [3.05, 3.63) is 87.9 Å². The molecule has 0 saturated carbocycles. The smallest absolute Gasteiger partial charge is 0.243 e. The van der Waals surface area contributed by atoms with Crippen LogP contribution in [-0.2, 0) is 31.4 Å². The molecule has 1 amide bonds. The lowest BCUT2D eigenvalue weighted by molar-refractivity contribution is -0.116. The Morgan fingerprint density at radius 1 is 0.912 bits per heavy atom. The molecule has 0 unspecified atom stereocenters. The van der Waals surface area contributed by atoms with E-state index in [1.165, 1.54) is 42.5 Å². The average Bonchev–Trinajstić information content (AvgIpc) is 2.75. The highest BCUT2D eigenvalue weighted by molar-refractivity contribution is 7.89. The molecule has 12 heteroatoms. The molecule has 34 heavy (non-hydrogen) atoms. The largest absolute Gasteiger partial charge is 0.325 e. The van der Waals surface area contributed by atoms with E-state index in [2.05, 4.69) is 5.32 Å². The number of rotatable bonds is 8. The fraction of sp³-hybridized carbons (Fsp3) is 0.136. The highest BCUT2D eigenvalue weighted by Crippen LogP contribution is 2.25. The van der Waals surface area contributed by atoms with Gasteiger partial charge < -0.3 is 5.32 Å². The van der Waals surface area contributed by atoms with Crippen LogP contribution in [0.5, 0.6) is 0 Å². The minimum Gasteiger partial charge on any atom is -0.325 e. The molecule has 3 aromatic carbocycles. The first-order valence-electron chi connectivity index (χ1n) is 9.80. The van der Waals surface area contributed by atoms with Gasteiger partial charge in [-0.25, -0.2) is 22.0 Å². The van der Waals surface area contributed by atoms with E-state index < -0.39 is 32.5 Å². The number of nitrogens with one attached hydrogen (secondary N) is 1. The van der Waals surface area contributed by atoms with Crippen LogP contribution >= 0.6 is 23.2 Å². The maximum absolute atomic E-state index is 13.4. The molecule has 0 saturated heterocycles. The van der Waals surface area contributed by atoms with Crippen molar-refractivity contribution in [1.82, 2.24) is 4.31 Å². The molecule has 0 fully saturated rings. The van der Waals surface area contributed by atoms with Crippen LogP contribution < -0.4 is 10.5 Å². The van der Waals surface area contributed by atoms with Gasteiger partial charge >= 0.3 is 0 Å². The van der Waals surface area contributed by atoms with E-state index in [4.69, 9.17) is 28.3 Å². The number of nitrogens with two attached hydrogens (primary N) is 1. The number of benzene rings is 3. The van der Waals surface area contributed by atoms with Crippen LogP contribution in [0.3, 0.4) is 0 Å². The van der Waals surface area contributed by atoms with Crippen LogP contribution in [-0.4, -0.2) is 33.6 Å². The van der Waals surface area contributed by atoms with Gasteiger partial charge in [-0.2, -0.15) is 4.31 Å². The van der Waals surface area contributed by atoms with Crippen molar-refractivity contribution in [3.8, 4) is 0 Å². The molecule has 0 aliphatic heterocycles. The summed E-state index contributed by atoms with van der Waals surface area (Å²) in [5, 5.41) is 8.28. The van der Waals surface area contributed by atoms with Gasteiger partial charge in [-0.1, -0.05) is 47.0 Å². The Labute approximate surface area is 208 Å². The Morgan fingerprint density at radius 2 is 1.50 bits per heavy atom. The number of carbonyl (C=O) groups is 1. The zero-order chi connectivity index (χ0) is 25.1. The molecule has 0 heterocycles. The van der Waals surface area contributed by atoms with Gasteiger partial charge in [0.2, 0.25) is 26.0 Å². The van der Waals surface area contributed by atoms with Crippen LogP contribution in [0.1, 0.15) is 11.1 Å². The van der Waals surface area contributed by atoms with Crippen LogP contribution in [0.4, 0.5) is 5.69 Å². The zero-order valence-electron chi connectivity index (χ0n) is 17.9. The lowest BCUT2D eigenvalue weighted by atomic mass is 10.2. The molecule has 180 valence electrons. The third-order valence-corrected chi connectivity index (χ3v) is 8.13. The summed E-state index contributed by atoms with van der Waals surface area (Å²) < 4.78 is 50.5. The van der Waals surface area contributed by atoms with E-state index in [1.54, 1.807) is 24.3 Å². The lowest BCUT2D eigenvalue weighted by Gasteiger charge is -2.22. The van der Waals surface area contributed by atoms with E-state index >= 15 is 0 Å². The summed E-state index contributed by atoms with van der Waals surface area (Å²) in [6.45, 7) is 1.13. The monoisotopic (exact) mass is 541 g/mol. The van der Waals surface area contributed by atoms with E-state index in [-0.39, 0.29) is 27.0 Å². The molecule has 0 aliphatic carbocycles. The van der Waals surface area contributed by atoms with Gasteiger partial charge in [0.15, 0.2) is 0 Å². The summed E-state index contributed by atoms with van der Waals surface area (Å²) in [7, 11) is -7.96. The predicted octanol–water partition coefficient (Wildman–Crippen LogP) is 3.78. The number of hydrogen-bond acceptors (Lipinski definition) is 5. The van der Waals surface area contributed by atoms with E-state index in [0.29, 0.717) is 10.6 Å². The number of primary sulfonamides is 1. The summed E-state index contributed by atoms with van der Waals surface area (Å²) in [6.07, 6.45) is 0. The van der Waals surface area contributed by atoms with Gasteiger partial charge in [0.25, 0.3) is 0 Å². The number of sulfonamides is 2. The summed E-state index contributed by atoms with van der Waals surface area (Å²) >= 11 is 12.2. The maximum Gasteiger partial charge on any atom is 0.243 e. The second-order valence-corrected chi connectivity index (χ2v) is 11.8. The van der Waals surface area contributed by atoms with Crippen molar-refractivity contribution in [2.75, 3.05) is 11.9 Å². The van der Waals surface area contributed by atoms with Crippen molar-refractivity contribution in [2.24, 2.45) is 5.14 Å². The van der Waals surface area contributed by atoms with Crippen LogP contribution in [0.25, 0.3) is 0 Å². The second kappa shape index (κ2) is 10.4. The van der Waals surface area contributed by atoms with Crippen LogP contribution in [0.15, 0.2) is 76.5 Å². The molecule has 0 atom stereocenters. The summed E-state index contributed by atoms with van der Waals surface area (Å²) in [4.78, 5) is 12.7. The Balaban J connectivity index is 1.88. The van der Waals surface area contributed by atoms with Crippen molar-refractivity contribution in [2.45, 2.75) is 23.3 Å². The summed E-state index contributed by atoms with van der Waals surface area (Å²) in [6, 6.07) is 16.1. The fourth-order valence-corrected chi connectivity index (χ4v) is 5.37. The molecule has 0 radical (unpaired) electrons. The van der Waals surface area contributed by atoms with Gasteiger partial charge in [-0.3, -0.25) is 4.79 Å². The highest BCUT2D eigenvalue weighted by atomic mass is 35.5. The van der Waals surface area contributed by atoms with Crippen molar-refractivity contribution < 1.29 is 21.6 Å². The zero-order valence-corrected chi connectivity index (χ0v) is 21.0. The minimum atomic E-state index is -4.07. The number of hydrogen-bond donors (Lipinski definition) is 2. The predicted molar refractivity (Wildman–Crippen MR) is 132 cm³/mol. The quantitative estimate of drug-likeness (QED) is 0.448. The maximum atomic E-state index is 13.4. The number of anilines is 1. The number of halogens is 2. The van der Waals surface area contributed by atoms with Crippen LogP contribution in [0, 0.1) is 6.92 Å². The molecule has 0 bridgehead atoms. The van der Waals surface area contributed by atoms with Crippen molar-refractivity contribution in [3.63, 3.8) is 0 Å². The molecular formula is C22H21Cl2N3O5S2. The van der Waals surface area contributed by atoms with E-state index in [9.17, 15) is 21.6 Å². The molecule has 0 aromatic heterocycles. The number of nitrogens with zero attached hydrogens (tertiary/aromatic N) is 1. The van der Waals surface area contributed by atoms with Gasteiger partial charge in [-0.05, 0) is 61.0 Å². The molecule has 3 aromatic rings. The second-order valence-electron chi connectivity index (χ2n) is 7.44. The third kappa shape index (κ3) is 6.56. The summed E-state index contributed by atoms with van der Waals surface area (Å²) in [5.74, 6) is -0.635. The minimum absolute atomic E-state index is 0.0218. The first kappa shape index (κ1) is 26.1. The van der Waals surface area contributed by atoms with Gasteiger partial charge in [0.05, 0.1) is 16.3 Å². The molecular weight excluding hydrogens is 521 g/mol. The Bertz CT molecular complexity index is 1410. The Kier molecular flexibility index (Phi) is 8.02. The Hall–Kier alpha value is -2.47. The van der Waals surface area contributed by atoms with Crippen molar-refractivity contribution >= 4 is 54.8 Å². The lowest BCUT2D eigenvalue weighted by Crippen LogP contribution is -2.37. The van der Waals surface area contributed by atoms with Crippen molar-refractivity contribution in [1.29, 1.82) is 0 Å².